The van der Waals surface area contributed by atoms with Crippen LogP contribution in [0.15, 0.2) is 194 Å². The molecule has 0 atom stereocenters. The number of hydrogen-bond acceptors (Lipinski definition) is 2. The molecule has 262 valence electrons. The lowest BCUT2D eigenvalue weighted by Gasteiger charge is -2.15. The zero-order valence-electron chi connectivity index (χ0n) is 30.2. The fourth-order valence-corrected chi connectivity index (χ4v) is 8.86. The topological polar surface area (TPSA) is 45.5 Å². The van der Waals surface area contributed by atoms with Gasteiger partial charge in [-0.1, -0.05) is 115 Å². The summed E-state index contributed by atoms with van der Waals surface area (Å²) in [6, 6.07) is 64.4. The highest BCUT2D eigenvalue weighted by Gasteiger charge is 2.24. The summed E-state index contributed by atoms with van der Waals surface area (Å²) in [6.07, 6.45) is 4.29. The van der Waals surface area contributed by atoms with Crippen molar-refractivity contribution >= 4 is 65.5 Å². The smallest absolute Gasteiger partial charge is 0.237 e. The highest BCUT2D eigenvalue weighted by molar-refractivity contribution is 6.19. The van der Waals surface area contributed by atoms with Crippen LogP contribution in [-0.4, -0.2) is 28.2 Å². The summed E-state index contributed by atoms with van der Waals surface area (Å²) in [6.45, 7) is 0. The number of benzene rings is 7. The van der Waals surface area contributed by atoms with Crippen molar-refractivity contribution in [1.82, 2.24) is 28.2 Å². The van der Waals surface area contributed by atoms with Gasteiger partial charge in [-0.15, -0.1) is 0 Å². The van der Waals surface area contributed by atoms with Crippen molar-refractivity contribution in [2.45, 2.75) is 0 Å². The minimum Gasteiger partial charge on any atom is -0.316 e. The Morgan fingerprint density at radius 2 is 0.875 bits per heavy atom. The predicted molar refractivity (Wildman–Crippen MR) is 230 cm³/mol. The molecule has 0 saturated carbocycles. The van der Waals surface area contributed by atoms with Gasteiger partial charge >= 0.3 is 0 Å². The molecule has 12 rings (SSSR count). The molecule has 0 fully saturated rings. The fourth-order valence-electron chi connectivity index (χ4n) is 8.86. The summed E-state index contributed by atoms with van der Waals surface area (Å²) in [5.74, 6) is 0.619. The van der Waals surface area contributed by atoms with Gasteiger partial charge in [0.05, 0.1) is 33.3 Å². The number of aromatic nitrogens is 6. The zero-order chi connectivity index (χ0) is 36.7. The fraction of sp³-hybridized carbons (Fsp3) is 0. The largest absolute Gasteiger partial charge is 0.316 e. The van der Waals surface area contributed by atoms with Gasteiger partial charge in [-0.3, -0.25) is 4.57 Å². The van der Waals surface area contributed by atoms with Crippen LogP contribution in [0.1, 0.15) is 0 Å². The minimum atomic E-state index is 0.619. The van der Waals surface area contributed by atoms with Gasteiger partial charge in [0.2, 0.25) is 5.95 Å². The van der Waals surface area contributed by atoms with Crippen molar-refractivity contribution in [2.75, 3.05) is 0 Å². The Kier molecular flexibility index (Phi) is 6.53. The van der Waals surface area contributed by atoms with Crippen LogP contribution in [0, 0.1) is 0 Å². The molecular weight excluding hydrogens is 685 g/mol. The molecule has 0 unspecified atom stereocenters. The molecule has 56 heavy (non-hydrogen) atoms. The Bertz CT molecular complexity index is 3460. The Hall–Kier alpha value is -7.70. The third-order valence-electron chi connectivity index (χ3n) is 11.3. The molecule has 0 aliphatic carbocycles. The van der Waals surface area contributed by atoms with E-state index in [0.29, 0.717) is 5.95 Å². The van der Waals surface area contributed by atoms with E-state index in [1.165, 1.54) is 10.8 Å². The summed E-state index contributed by atoms with van der Waals surface area (Å²) in [5.41, 5.74) is 11.6. The average Bonchev–Trinajstić information content (AvgIpc) is 4.05. The third-order valence-corrected chi connectivity index (χ3v) is 11.3. The highest BCUT2D eigenvalue weighted by Crippen LogP contribution is 2.42. The number of nitrogens with zero attached hydrogens (tertiary/aromatic N) is 6. The summed E-state index contributed by atoms with van der Waals surface area (Å²) in [4.78, 5) is 11.2. The molecule has 0 bridgehead atoms. The lowest BCUT2D eigenvalue weighted by Crippen LogP contribution is -2.06. The van der Waals surface area contributed by atoms with Crippen LogP contribution in [0.5, 0.6) is 0 Å². The Labute approximate surface area is 321 Å². The van der Waals surface area contributed by atoms with Crippen molar-refractivity contribution in [2.24, 2.45) is 0 Å². The molecule has 5 heterocycles. The van der Waals surface area contributed by atoms with Crippen LogP contribution in [0.3, 0.4) is 0 Å². The molecule has 0 amide bonds. The van der Waals surface area contributed by atoms with Crippen LogP contribution in [0.25, 0.3) is 99.8 Å². The lowest BCUT2D eigenvalue weighted by atomic mass is 10.0. The van der Waals surface area contributed by atoms with E-state index in [1.807, 2.05) is 0 Å². The number of para-hydroxylation sites is 6. The maximum absolute atomic E-state index is 5.67. The van der Waals surface area contributed by atoms with E-state index >= 15 is 0 Å². The normalized spacial score (nSPS) is 11.9. The van der Waals surface area contributed by atoms with E-state index in [9.17, 15) is 0 Å². The standard InChI is InChI=1S/C50H32N6/c1-4-15-33(16-5-1)53-31-29-40-43(53)28-27-39-37-22-11-13-26-45(37)56(47(39)40)50-51-46(42-30-32-54(49(42)52-50)34-17-6-2-7-18-34)41-24-14-23-38-36-21-10-12-25-44(36)55(48(38)41)35-19-8-3-9-20-35/h1-32H. The molecule has 6 nitrogen and oxygen atoms in total. The first-order valence-electron chi connectivity index (χ1n) is 18.9. The van der Waals surface area contributed by atoms with Crippen molar-refractivity contribution in [3.63, 3.8) is 0 Å². The van der Waals surface area contributed by atoms with Gasteiger partial charge in [0.25, 0.3) is 0 Å². The SMILES string of the molecule is c1ccc(-n2ccc3c2ccc2c4ccccc4n(-c4nc(-c5cccc6c7ccccc7n(-c7ccccc7)c56)c5ccn(-c6ccccc6)c5n4)c23)cc1. The quantitative estimate of drug-likeness (QED) is 0.178. The molecule has 0 aliphatic heterocycles. The Balaban J connectivity index is 1.23. The van der Waals surface area contributed by atoms with Gasteiger partial charge in [0.1, 0.15) is 0 Å². The minimum absolute atomic E-state index is 0.619. The first-order chi connectivity index (χ1) is 27.8. The molecule has 0 spiro atoms. The van der Waals surface area contributed by atoms with Gasteiger partial charge < -0.3 is 13.7 Å². The van der Waals surface area contributed by atoms with E-state index in [1.54, 1.807) is 0 Å². The van der Waals surface area contributed by atoms with Crippen LogP contribution in [0.4, 0.5) is 0 Å². The molecule has 5 aromatic heterocycles. The second kappa shape index (κ2) is 11.9. The van der Waals surface area contributed by atoms with E-state index in [2.05, 4.69) is 213 Å². The Morgan fingerprint density at radius 3 is 1.59 bits per heavy atom. The number of rotatable bonds is 5. The Morgan fingerprint density at radius 1 is 0.321 bits per heavy atom. The summed E-state index contributed by atoms with van der Waals surface area (Å²) in [5, 5.41) is 6.82. The van der Waals surface area contributed by atoms with Gasteiger partial charge in [-0.2, -0.15) is 4.98 Å². The molecule has 0 aliphatic rings. The van der Waals surface area contributed by atoms with Gasteiger partial charge in [-0.25, -0.2) is 4.98 Å². The summed E-state index contributed by atoms with van der Waals surface area (Å²) in [7, 11) is 0. The second-order valence-corrected chi connectivity index (χ2v) is 14.3. The molecule has 12 aromatic rings. The number of fused-ring (bicyclic) bond motifs is 9. The van der Waals surface area contributed by atoms with Gasteiger partial charge in [-0.05, 0) is 66.7 Å². The van der Waals surface area contributed by atoms with E-state index in [0.717, 1.165) is 83.1 Å². The van der Waals surface area contributed by atoms with E-state index in [4.69, 9.17) is 9.97 Å². The van der Waals surface area contributed by atoms with Gasteiger partial charge in [0.15, 0.2) is 5.65 Å². The third kappa shape index (κ3) is 4.38. The van der Waals surface area contributed by atoms with E-state index < -0.39 is 0 Å². The lowest BCUT2D eigenvalue weighted by molar-refractivity contribution is 0.990. The second-order valence-electron chi connectivity index (χ2n) is 14.3. The van der Waals surface area contributed by atoms with Crippen molar-refractivity contribution < 1.29 is 0 Å². The van der Waals surface area contributed by atoms with Crippen molar-refractivity contribution in [3.05, 3.63) is 194 Å². The zero-order valence-corrected chi connectivity index (χ0v) is 30.2. The van der Waals surface area contributed by atoms with Crippen molar-refractivity contribution in [1.29, 1.82) is 0 Å². The number of hydrogen-bond donors (Lipinski definition) is 0. The first kappa shape index (κ1) is 30.7. The molecule has 0 radical (unpaired) electrons. The monoisotopic (exact) mass is 716 g/mol. The maximum atomic E-state index is 5.67. The summed E-state index contributed by atoms with van der Waals surface area (Å²) >= 11 is 0. The van der Waals surface area contributed by atoms with Crippen LogP contribution in [0.2, 0.25) is 0 Å². The summed E-state index contributed by atoms with van der Waals surface area (Å²) < 4.78 is 9.11. The van der Waals surface area contributed by atoms with Crippen molar-refractivity contribution in [3.8, 4) is 34.3 Å². The molecular formula is C50H32N6. The first-order valence-corrected chi connectivity index (χ1v) is 18.9. The molecule has 6 heteroatoms. The van der Waals surface area contributed by atoms with Crippen LogP contribution in [-0.2, 0) is 0 Å². The van der Waals surface area contributed by atoms with E-state index in [-0.39, 0.29) is 0 Å². The van der Waals surface area contributed by atoms with Gasteiger partial charge in [0, 0.05) is 67.3 Å². The van der Waals surface area contributed by atoms with Crippen LogP contribution >= 0.6 is 0 Å². The maximum Gasteiger partial charge on any atom is 0.237 e. The molecule has 0 N–H and O–H groups in total. The molecule has 7 aromatic carbocycles. The molecule has 0 saturated heterocycles. The average molecular weight is 717 g/mol. The highest BCUT2D eigenvalue weighted by atomic mass is 15.2. The van der Waals surface area contributed by atoms with Crippen LogP contribution < -0.4 is 0 Å². The predicted octanol–water partition coefficient (Wildman–Crippen LogP) is 12.2.